The fourth-order valence-corrected chi connectivity index (χ4v) is 3.83. The van der Waals surface area contributed by atoms with E-state index in [1.807, 2.05) is 12.1 Å². The lowest BCUT2D eigenvalue weighted by Gasteiger charge is -2.16. The Morgan fingerprint density at radius 3 is 2.33 bits per heavy atom. The molecule has 144 valence electrons. The molecule has 0 atom stereocenters. The summed E-state index contributed by atoms with van der Waals surface area (Å²) in [5, 5.41) is 2.83. The molecule has 0 bridgehead atoms. The van der Waals surface area contributed by atoms with Gasteiger partial charge in [0.05, 0.1) is 4.90 Å². The van der Waals surface area contributed by atoms with Gasteiger partial charge in [0, 0.05) is 45.5 Å². The quantitative estimate of drug-likeness (QED) is 0.817. The van der Waals surface area contributed by atoms with Gasteiger partial charge in [-0.25, -0.2) is 17.7 Å². The van der Waals surface area contributed by atoms with Gasteiger partial charge in [-0.3, -0.25) is 4.79 Å². The van der Waals surface area contributed by atoms with Crippen LogP contribution in [-0.4, -0.2) is 50.8 Å². The van der Waals surface area contributed by atoms with Gasteiger partial charge < -0.3 is 10.2 Å². The van der Waals surface area contributed by atoms with Crippen LogP contribution in [0.1, 0.15) is 28.8 Å². The minimum atomic E-state index is -3.50. The Bertz CT molecular complexity index is 888. The van der Waals surface area contributed by atoms with E-state index >= 15 is 0 Å². The van der Waals surface area contributed by atoms with Gasteiger partial charge in [0.25, 0.3) is 5.91 Å². The van der Waals surface area contributed by atoms with Crippen molar-refractivity contribution in [3.63, 3.8) is 0 Å². The molecule has 3 rings (SSSR count). The summed E-state index contributed by atoms with van der Waals surface area (Å²) in [7, 11) is -0.554. The summed E-state index contributed by atoms with van der Waals surface area (Å²) in [6, 6.07) is 9.86. The molecule has 0 spiro atoms. The molecule has 1 aromatic heterocycles. The Labute approximate surface area is 160 Å². The normalized spacial score (nSPS) is 14.6. The molecular weight excluding hydrogens is 364 g/mol. The van der Waals surface area contributed by atoms with Crippen molar-refractivity contribution in [1.82, 2.24) is 14.6 Å². The summed E-state index contributed by atoms with van der Waals surface area (Å²) in [4.78, 5) is 19.2. The zero-order chi connectivity index (χ0) is 19.4. The van der Waals surface area contributed by atoms with Crippen molar-refractivity contribution >= 4 is 21.7 Å². The number of amides is 1. The number of hydrogen-bond donors (Lipinski definition) is 1. The van der Waals surface area contributed by atoms with Gasteiger partial charge in [-0.05, 0) is 48.7 Å². The zero-order valence-electron chi connectivity index (χ0n) is 15.6. The van der Waals surface area contributed by atoms with Crippen LogP contribution < -0.4 is 10.2 Å². The topological polar surface area (TPSA) is 82.6 Å². The fourth-order valence-electron chi connectivity index (χ4n) is 2.93. The average Bonchev–Trinajstić information content (AvgIpc) is 3.21. The van der Waals surface area contributed by atoms with Crippen molar-refractivity contribution in [3.05, 3.63) is 53.7 Å². The van der Waals surface area contributed by atoms with E-state index in [2.05, 4.69) is 15.2 Å². The molecule has 1 aliphatic rings. The van der Waals surface area contributed by atoms with Gasteiger partial charge in [-0.1, -0.05) is 6.07 Å². The number of aromatic nitrogens is 1. The third-order valence-electron chi connectivity index (χ3n) is 4.59. The smallest absolute Gasteiger partial charge is 0.251 e. The number of hydrogen-bond acceptors (Lipinski definition) is 5. The Kier molecular flexibility index (Phi) is 5.76. The molecule has 0 aliphatic carbocycles. The van der Waals surface area contributed by atoms with Gasteiger partial charge in [0.15, 0.2) is 0 Å². The lowest BCUT2D eigenvalue weighted by Crippen LogP contribution is -2.24. The Morgan fingerprint density at radius 2 is 1.78 bits per heavy atom. The van der Waals surface area contributed by atoms with Crippen LogP contribution in [-0.2, 0) is 16.6 Å². The van der Waals surface area contributed by atoms with Crippen molar-refractivity contribution < 1.29 is 13.2 Å². The molecule has 1 fully saturated rings. The molecule has 7 nitrogen and oxygen atoms in total. The first-order valence-electron chi connectivity index (χ1n) is 8.88. The highest BCUT2D eigenvalue weighted by molar-refractivity contribution is 7.89. The molecule has 1 N–H and O–H groups in total. The van der Waals surface area contributed by atoms with Crippen molar-refractivity contribution in [3.8, 4) is 0 Å². The molecule has 1 saturated heterocycles. The standard InChI is InChI=1S/C19H24N4O3S/c1-22(2)27(25,26)17-8-6-16(7-9-17)19(24)21-14-15-5-10-18(20-13-15)23-11-3-4-12-23/h5-10,13H,3-4,11-12,14H2,1-2H3,(H,21,24). The zero-order valence-corrected chi connectivity index (χ0v) is 16.4. The Hall–Kier alpha value is -2.45. The number of anilines is 1. The predicted molar refractivity (Wildman–Crippen MR) is 104 cm³/mol. The van der Waals surface area contributed by atoms with Crippen LogP contribution >= 0.6 is 0 Å². The second kappa shape index (κ2) is 8.06. The van der Waals surface area contributed by atoms with Gasteiger partial charge in [0.1, 0.15) is 5.82 Å². The molecule has 0 saturated carbocycles. The fraction of sp³-hybridized carbons (Fsp3) is 0.368. The molecule has 8 heteroatoms. The van der Waals surface area contributed by atoms with E-state index in [9.17, 15) is 13.2 Å². The maximum atomic E-state index is 12.3. The van der Waals surface area contributed by atoms with Crippen LogP contribution in [0.3, 0.4) is 0 Å². The lowest BCUT2D eigenvalue weighted by molar-refractivity contribution is 0.0951. The maximum absolute atomic E-state index is 12.3. The summed E-state index contributed by atoms with van der Waals surface area (Å²) in [5.41, 5.74) is 1.33. The highest BCUT2D eigenvalue weighted by atomic mass is 32.2. The molecule has 2 heterocycles. The number of nitrogens with zero attached hydrogens (tertiary/aromatic N) is 3. The number of carbonyl (C=O) groups excluding carboxylic acids is 1. The predicted octanol–water partition coefficient (Wildman–Crippen LogP) is 1.86. The van der Waals surface area contributed by atoms with Crippen molar-refractivity contribution in [1.29, 1.82) is 0 Å². The number of nitrogens with one attached hydrogen (secondary N) is 1. The first-order chi connectivity index (χ1) is 12.9. The molecule has 1 amide bonds. The molecular formula is C19H24N4O3S. The summed E-state index contributed by atoms with van der Waals surface area (Å²) >= 11 is 0. The van der Waals surface area contributed by atoms with E-state index in [1.165, 1.54) is 51.2 Å². The van der Waals surface area contributed by atoms with Gasteiger partial charge in [0.2, 0.25) is 10.0 Å². The Morgan fingerprint density at radius 1 is 1.11 bits per heavy atom. The van der Waals surface area contributed by atoms with Crippen molar-refractivity contribution in [2.24, 2.45) is 0 Å². The number of sulfonamides is 1. The largest absolute Gasteiger partial charge is 0.357 e. The van der Waals surface area contributed by atoms with Crippen LogP contribution in [0.5, 0.6) is 0 Å². The third-order valence-corrected chi connectivity index (χ3v) is 6.42. The molecule has 1 aromatic carbocycles. The van der Waals surface area contributed by atoms with Crippen LogP contribution in [0, 0.1) is 0 Å². The van der Waals surface area contributed by atoms with Crippen LogP contribution in [0.15, 0.2) is 47.5 Å². The molecule has 0 unspecified atom stereocenters. The van der Waals surface area contributed by atoms with Crippen molar-refractivity contribution in [2.45, 2.75) is 24.3 Å². The maximum Gasteiger partial charge on any atom is 0.251 e. The average molecular weight is 388 g/mol. The number of carbonyl (C=O) groups is 1. The SMILES string of the molecule is CN(C)S(=O)(=O)c1ccc(C(=O)NCc2ccc(N3CCCC3)nc2)cc1. The van der Waals surface area contributed by atoms with Gasteiger partial charge in [-0.2, -0.15) is 0 Å². The summed E-state index contributed by atoms with van der Waals surface area (Å²) in [6.07, 6.45) is 4.18. The number of rotatable bonds is 6. The van der Waals surface area contributed by atoms with E-state index in [1.54, 1.807) is 6.20 Å². The molecule has 27 heavy (non-hydrogen) atoms. The highest BCUT2D eigenvalue weighted by Crippen LogP contribution is 2.18. The first-order valence-corrected chi connectivity index (χ1v) is 10.3. The second-order valence-corrected chi connectivity index (χ2v) is 8.87. The van der Waals surface area contributed by atoms with E-state index in [4.69, 9.17) is 0 Å². The summed E-state index contributed by atoms with van der Waals surface area (Å²) in [5.74, 6) is 0.715. The van der Waals surface area contributed by atoms with Crippen molar-refractivity contribution in [2.75, 3.05) is 32.1 Å². The molecule has 1 aliphatic heterocycles. The Balaban J connectivity index is 1.59. The molecule has 0 radical (unpaired) electrons. The van der Waals surface area contributed by atoms with E-state index in [0.29, 0.717) is 12.1 Å². The molecule has 2 aromatic rings. The monoisotopic (exact) mass is 388 g/mol. The van der Waals surface area contributed by atoms with E-state index < -0.39 is 10.0 Å². The number of pyridine rings is 1. The van der Waals surface area contributed by atoms with Gasteiger partial charge >= 0.3 is 0 Å². The third kappa shape index (κ3) is 4.45. The minimum absolute atomic E-state index is 0.158. The van der Waals surface area contributed by atoms with E-state index in [-0.39, 0.29) is 10.8 Å². The number of benzene rings is 1. The van der Waals surface area contributed by atoms with Crippen LogP contribution in [0.25, 0.3) is 0 Å². The van der Waals surface area contributed by atoms with Crippen LogP contribution in [0.4, 0.5) is 5.82 Å². The highest BCUT2D eigenvalue weighted by Gasteiger charge is 2.17. The first kappa shape index (κ1) is 19.3. The lowest BCUT2D eigenvalue weighted by atomic mass is 10.2. The van der Waals surface area contributed by atoms with E-state index in [0.717, 1.165) is 28.8 Å². The second-order valence-electron chi connectivity index (χ2n) is 6.71. The van der Waals surface area contributed by atoms with Crippen LogP contribution in [0.2, 0.25) is 0 Å². The summed E-state index contributed by atoms with van der Waals surface area (Å²) in [6.45, 7) is 2.45. The van der Waals surface area contributed by atoms with Gasteiger partial charge in [-0.15, -0.1) is 0 Å². The summed E-state index contributed by atoms with van der Waals surface area (Å²) < 4.78 is 25.3. The minimum Gasteiger partial charge on any atom is -0.357 e.